The van der Waals surface area contributed by atoms with Gasteiger partial charge in [0, 0.05) is 53.6 Å². The molecule has 3 nitrogen and oxygen atoms in total. The molecule has 0 amide bonds. The van der Waals surface area contributed by atoms with E-state index in [0.29, 0.717) is 0 Å². The van der Waals surface area contributed by atoms with Crippen molar-refractivity contribution in [3.63, 3.8) is 0 Å². The third-order valence-electron chi connectivity index (χ3n) is 5.12. The summed E-state index contributed by atoms with van der Waals surface area (Å²) >= 11 is 0. The van der Waals surface area contributed by atoms with Crippen LogP contribution in [-0.2, 0) is 0 Å². The largest absolute Gasteiger partial charge is 0.388 e. The average molecular weight is 341 g/mol. The van der Waals surface area contributed by atoms with Gasteiger partial charge in [0.15, 0.2) is 0 Å². The Hall–Kier alpha value is -3.07. The van der Waals surface area contributed by atoms with Crippen LogP contribution in [0, 0.1) is 0 Å². The molecule has 0 unspecified atom stereocenters. The molecule has 130 valence electrons. The standard InChI is InChI=1S/C23H23N3/c1-4-15-11-23(26-14-15)20-12-16(13-22(24-3)17(20)5-2)18-7-6-8-21-19(18)9-10-25-21/h5-10,12-14,24-25H,2,4,11H2,1,3H3. The summed E-state index contributed by atoms with van der Waals surface area (Å²) in [5, 5.41) is 4.57. The van der Waals surface area contributed by atoms with Crippen LogP contribution in [0.4, 0.5) is 5.69 Å². The summed E-state index contributed by atoms with van der Waals surface area (Å²) < 4.78 is 0. The topological polar surface area (TPSA) is 40.2 Å². The molecule has 0 saturated carbocycles. The molecule has 0 atom stereocenters. The van der Waals surface area contributed by atoms with Gasteiger partial charge < -0.3 is 10.3 Å². The lowest BCUT2D eigenvalue weighted by molar-refractivity contribution is 1.07. The fraction of sp³-hybridized carbons (Fsp3) is 0.174. The van der Waals surface area contributed by atoms with Gasteiger partial charge in [-0.1, -0.05) is 31.7 Å². The number of anilines is 1. The maximum atomic E-state index is 4.70. The first-order valence-corrected chi connectivity index (χ1v) is 9.04. The van der Waals surface area contributed by atoms with Gasteiger partial charge in [0.25, 0.3) is 0 Å². The van der Waals surface area contributed by atoms with E-state index in [1.54, 1.807) is 0 Å². The van der Waals surface area contributed by atoms with Gasteiger partial charge in [-0.25, -0.2) is 0 Å². The Morgan fingerprint density at radius 2 is 2.12 bits per heavy atom. The van der Waals surface area contributed by atoms with Gasteiger partial charge in [-0.15, -0.1) is 0 Å². The van der Waals surface area contributed by atoms with Crippen molar-refractivity contribution in [1.82, 2.24) is 4.98 Å². The Morgan fingerprint density at radius 1 is 1.23 bits per heavy atom. The second kappa shape index (κ2) is 6.68. The van der Waals surface area contributed by atoms with Crippen molar-refractivity contribution < 1.29 is 0 Å². The second-order valence-corrected chi connectivity index (χ2v) is 6.58. The third-order valence-corrected chi connectivity index (χ3v) is 5.12. The number of H-pyrrole nitrogens is 1. The number of benzene rings is 2. The van der Waals surface area contributed by atoms with Gasteiger partial charge in [0.1, 0.15) is 0 Å². The minimum Gasteiger partial charge on any atom is -0.388 e. The Labute approximate surface area is 154 Å². The predicted molar refractivity (Wildman–Crippen MR) is 113 cm³/mol. The first-order valence-electron chi connectivity index (χ1n) is 9.04. The molecule has 1 aliphatic heterocycles. The molecule has 1 aliphatic rings. The quantitative estimate of drug-likeness (QED) is 0.586. The fourth-order valence-electron chi connectivity index (χ4n) is 3.67. The van der Waals surface area contributed by atoms with Crippen molar-refractivity contribution >= 4 is 28.4 Å². The van der Waals surface area contributed by atoms with Crippen LogP contribution < -0.4 is 5.32 Å². The van der Waals surface area contributed by atoms with Crippen LogP contribution in [0.2, 0.25) is 0 Å². The van der Waals surface area contributed by atoms with E-state index in [9.17, 15) is 0 Å². The summed E-state index contributed by atoms with van der Waals surface area (Å²) in [4.78, 5) is 8.00. The monoisotopic (exact) mass is 341 g/mol. The average Bonchev–Trinajstić information content (AvgIpc) is 3.35. The molecule has 1 aromatic heterocycles. The maximum Gasteiger partial charge on any atom is 0.0523 e. The highest BCUT2D eigenvalue weighted by Gasteiger charge is 2.18. The van der Waals surface area contributed by atoms with E-state index < -0.39 is 0 Å². The first-order chi connectivity index (χ1) is 12.7. The minimum atomic E-state index is 0.915. The molecule has 0 aliphatic carbocycles. The number of aromatic amines is 1. The normalized spacial score (nSPS) is 13.6. The number of aromatic nitrogens is 1. The Morgan fingerprint density at radius 3 is 2.85 bits per heavy atom. The number of nitrogens with one attached hydrogen (secondary N) is 2. The summed E-state index contributed by atoms with van der Waals surface area (Å²) in [6.45, 7) is 6.22. The zero-order valence-corrected chi connectivity index (χ0v) is 15.3. The Kier molecular flexibility index (Phi) is 4.21. The number of allylic oxidation sites excluding steroid dienone is 1. The Bertz CT molecular complexity index is 1050. The molecule has 0 radical (unpaired) electrons. The van der Waals surface area contributed by atoms with Gasteiger partial charge >= 0.3 is 0 Å². The summed E-state index contributed by atoms with van der Waals surface area (Å²) in [5.74, 6) is 0. The molecule has 3 heteroatoms. The van der Waals surface area contributed by atoms with Crippen LogP contribution in [0.3, 0.4) is 0 Å². The SMILES string of the molecule is C=Cc1c(NC)cc(-c2cccc3[nH]ccc23)cc1C1=NC=C(CC)C1. The third kappa shape index (κ3) is 2.66. The molecule has 3 aromatic rings. The van der Waals surface area contributed by atoms with Crippen LogP contribution in [0.25, 0.3) is 28.1 Å². The zero-order valence-electron chi connectivity index (χ0n) is 15.3. The lowest BCUT2D eigenvalue weighted by atomic mass is 9.91. The van der Waals surface area contributed by atoms with Crippen LogP contribution in [0.1, 0.15) is 30.9 Å². The Balaban J connectivity index is 1.91. The molecule has 0 fully saturated rings. The molecule has 4 rings (SSSR count). The molecule has 2 N–H and O–H groups in total. The summed E-state index contributed by atoms with van der Waals surface area (Å²) in [6, 6.07) is 13.0. The minimum absolute atomic E-state index is 0.915. The molecular weight excluding hydrogens is 318 g/mol. The lowest BCUT2D eigenvalue weighted by Crippen LogP contribution is -2.05. The number of hydrogen-bond donors (Lipinski definition) is 2. The van der Waals surface area contributed by atoms with Crippen LogP contribution >= 0.6 is 0 Å². The molecule has 0 spiro atoms. The number of nitrogens with zero attached hydrogens (tertiary/aromatic N) is 1. The van der Waals surface area contributed by atoms with Crippen molar-refractivity contribution in [2.45, 2.75) is 19.8 Å². The smallest absolute Gasteiger partial charge is 0.0523 e. The summed E-state index contributed by atoms with van der Waals surface area (Å²) in [6.07, 6.45) is 7.88. The van der Waals surface area contributed by atoms with Crippen LogP contribution in [-0.4, -0.2) is 17.7 Å². The lowest BCUT2D eigenvalue weighted by Gasteiger charge is -2.16. The highest BCUT2D eigenvalue weighted by molar-refractivity contribution is 6.09. The van der Waals surface area contributed by atoms with Crippen molar-refractivity contribution in [1.29, 1.82) is 0 Å². The molecule has 26 heavy (non-hydrogen) atoms. The van der Waals surface area contributed by atoms with Gasteiger partial charge in [0.05, 0.1) is 5.71 Å². The van der Waals surface area contributed by atoms with Crippen LogP contribution in [0.5, 0.6) is 0 Å². The summed E-state index contributed by atoms with van der Waals surface area (Å²) in [5.41, 5.74) is 9.41. The molecule has 2 heterocycles. The van der Waals surface area contributed by atoms with Crippen molar-refractivity contribution in [2.75, 3.05) is 12.4 Å². The van der Waals surface area contributed by atoms with Crippen LogP contribution in [0.15, 0.2) is 65.9 Å². The van der Waals surface area contributed by atoms with Gasteiger partial charge in [0.2, 0.25) is 0 Å². The molecular formula is C23H23N3. The second-order valence-electron chi connectivity index (χ2n) is 6.58. The number of fused-ring (bicyclic) bond motifs is 1. The van der Waals surface area contributed by atoms with E-state index in [1.807, 2.05) is 25.5 Å². The van der Waals surface area contributed by atoms with Gasteiger partial charge in [-0.05, 0) is 47.4 Å². The van der Waals surface area contributed by atoms with E-state index in [2.05, 4.69) is 60.2 Å². The van der Waals surface area contributed by atoms with Crippen molar-refractivity contribution in [2.24, 2.45) is 4.99 Å². The zero-order chi connectivity index (χ0) is 18.1. The maximum absolute atomic E-state index is 4.70. The molecule has 0 saturated heterocycles. The van der Waals surface area contributed by atoms with Crippen molar-refractivity contribution in [3.05, 3.63) is 72.1 Å². The van der Waals surface area contributed by atoms with Crippen molar-refractivity contribution in [3.8, 4) is 11.1 Å². The van der Waals surface area contributed by atoms with E-state index >= 15 is 0 Å². The molecule has 0 bridgehead atoms. The molecule has 2 aromatic carbocycles. The fourth-order valence-corrected chi connectivity index (χ4v) is 3.67. The number of hydrogen-bond acceptors (Lipinski definition) is 2. The number of aliphatic imine (C=N–C) groups is 1. The van der Waals surface area contributed by atoms with E-state index in [4.69, 9.17) is 4.99 Å². The summed E-state index contributed by atoms with van der Waals surface area (Å²) in [7, 11) is 1.96. The highest BCUT2D eigenvalue weighted by atomic mass is 14.8. The predicted octanol–water partition coefficient (Wildman–Crippen LogP) is 6.01. The van der Waals surface area contributed by atoms with E-state index in [-0.39, 0.29) is 0 Å². The first kappa shape index (κ1) is 16.4. The van der Waals surface area contributed by atoms with E-state index in [1.165, 1.54) is 22.1 Å². The van der Waals surface area contributed by atoms with Gasteiger partial charge in [-0.2, -0.15) is 0 Å². The van der Waals surface area contributed by atoms with E-state index in [0.717, 1.165) is 40.9 Å². The van der Waals surface area contributed by atoms with Gasteiger partial charge in [-0.3, -0.25) is 4.99 Å². The number of rotatable bonds is 5. The highest BCUT2D eigenvalue weighted by Crippen LogP contribution is 2.35.